The predicted molar refractivity (Wildman–Crippen MR) is 127 cm³/mol. The van der Waals surface area contributed by atoms with Crippen molar-refractivity contribution in [2.24, 2.45) is 46.8 Å². The molecule has 32 heavy (non-hydrogen) atoms. The molecule has 0 amide bonds. The quantitative estimate of drug-likeness (QED) is 0.429. The normalized spacial score (nSPS) is 50.1. The number of aliphatic hydroxyl groups is 1. The number of nitrogens with one attached hydrogen (secondary N) is 1. The molecule has 1 heterocycles. The standard InChI is InChI=1S/C28H47NO3/c1-16(2)7-6-8-17(3)21-11-12-22-20-10-9-19-15-24(32-18(4)30)25(31)26-28(19,29-26)23(20)13-14-27(21,22)5/h16-17,19-26,29,31H,6-15H2,1-5H3/t17-,19?,20?,21-,22?,23?,24-,25-,26+,27?,28-/m1/s1. The average Bonchev–Trinajstić information content (AvgIpc) is 3.36. The summed E-state index contributed by atoms with van der Waals surface area (Å²) in [5.74, 6) is 5.23. The van der Waals surface area contributed by atoms with Crippen molar-refractivity contribution in [1.82, 2.24) is 5.32 Å². The first-order valence-corrected chi connectivity index (χ1v) is 13.8. The van der Waals surface area contributed by atoms with Crippen molar-refractivity contribution in [3.05, 3.63) is 0 Å². The second-order valence-electron chi connectivity index (χ2n) is 13.1. The van der Waals surface area contributed by atoms with Crippen LogP contribution in [-0.2, 0) is 9.53 Å². The topological polar surface area (TPSA) is 68.5 Å². The summed E-state index contributed by atoms with van der Waals surface area (Å²) in [4.78, 5) is 11.6. The van der Waals surface area contributed by atoms with Crippen molar-refractivity contribution in [2.75, 3.05) is 0 Å². The molecule has 2 N–H and O–H groups in total. The molecule has 0 aromatic rings. The molecule has 0 radical (unpaired) electrons. The van der Waals surface area contributed by atoms with Gasteiger partial charge in [0.25, 0.3) is 0 Å². The smallest absolute Gasteiger partial charge is 0.302 e. The number of hydrogen-bond acceptors (Lipinski definition) is 4. The molecule has 4 aliphatic carbocycles. The van der Waals surface area contributed by atoms with E-state index < -0.39 is 6.10 Å². The fraction of sp³-hybridized carbons (Fsp3) is 0.964. The minimum absolute atomic E-state index is 0.126. The highest BCUT2D eigenvalue weighted by Crippen LogP contribution is 2.68. The second kappa shape index (κ2) is 8.26. The van der Waals surface area contributed by atoms with E-state index in [-0.39, 0.29) is 23.7 Å². The van der Waals surface area contributed by atoms with Gasteiger partial charge < -0.3 is 15.2 Å². The molecular formula is C28H47NO3. The minimum Gasteiger partial charge on any atom is -0.460 e. The van der Waals surface area contributed by atoms with Gasteiger partial charge in [-0.1, -0.05) is 47.0 Å². The predicted octanol–water partition coefficient (Wildman–Crippen LogP) is 5.32. The molecule has 0 aromatic carbocycles. The Balaban J connectivity index is 1.29. The van der Waals surface area contributed by atoms with Gasteiger partial charge >= 0.3 is 5.97 Å². The lowest BCUT2D eigenvalue weighted by molar-refractivity contribution is -0.159. The van der Waals surface area contributed by atoms with E-state index in [0.29, 0.717) is 17.3 Å². The number of fused-ring (bicyclic) bond motifs is 3. The zero-order chi connectivity index (χ0) is 22.8. The Morgan fingerprint density at radius 1 is 1.09 bits per heavy atom. The first-order valence-electron chi connectivity index (χ1n) is 13.8. The van der Waals surface area contributed by atoms with Crippen LogP contribution in [0.25, 0.3) is 0 Å². The highest BCUT2D eigenvalue weighted by molar-refractivity contribution is 5.66. The first-order chi connectivity index (χ1) is 15.2. The van der Waals surface area contributed by atoms with Crippen LogP contribution >= 0.6 is 0 Å². The average molecular weight is 446 g/mol. The van der Waals surface area contributed by atoms with Gasteiger partial charge in [0.05, 0.1) is 6.04 Å². The Labute approximate surface area is 195 Å². The van der Waals surface area contributed by atoms with E-state index >= 15 is 0 Å². The number of hydrogen-bond donors (Lipinski definition) is 2. The summed E-state index contributed by atoms with van der Waals surface area (Å²) in [5, 5.41) is 14.8. The van der Waals surface area contributed by atoms with Gasteiger partial charge in [-0.2, -0.15) is 0 Å². The van der Waals surface area contributed by atoms with E-state index in [1.807, 2.05) is 0 Å². The maximum Gasteiger partial charge on any atom is 0.302 e. The maximum atomic E-state index is 11.6. The molecule has 4 nitrogen and oxygen atoms in total. The molecule has 182 valence electrons. The SMILES string of the molecule is CC(=O)O[C@@H]1CC2CCC3C4CC[C@H]([C@H](C)CCCC(C)C)C4(C)CCC3[C@]23N[C@H]3[C@@H]1O. The molecule has 11 atom stereocenters. The van der Waals surface area contributed by atoms with Crippen LogP contribution in [0.1, 0.15) is 98.8 Å². The van der Waals surface area contributed by atoms with Crippen LogP contribution in [0, 0.1) is 46.8 Å². The monoisotopic (exact) mass is 445 g/mol. The van der Waals surface area contributed by atoms with E-state index in [1.54, 1.807) is 0 Å². The zero-order valence-corrected chi connectivity index (χ0v) is 21.1. The van der Waals surface area contributed by atoms with Crippen LogP contribution in [0.4, 0.5) is 0 Å². The molecule has 5 fully saturated rings. The first kappa shape index (κ1) is 23.1. The van der Waals surface area contributed by atoms with Crippen LogP contribution < -0.4 is 5.32 Å². The van der Waals surface area contributed by atoms with Crippen molar-refractivity contribution >= 4 is 5.97 Å². The van der Waals surface area contributed by atoms with E-state index in [1.165, 1.54) is 64.7 Å². The molecule has 1 spiro atoms. The van der Waals surface area contributed by atoms with Crippen LogP contribution in [-0.4, -0.2) is 34.9 Å². The summed E-state index contributed by atoms with van der Waals surface area (Å²) in [5.41, 5.74) is 0.640. The van der Waals surface area contributed by atoms with Gasteiger partial charge in [0, 0.05) is 12.5 Å². The number of carbonyl (C=O) groups excluding carboxylic acids is 1. The van der Waals surface area contributed by atoms with E-state index in [2.05, 4.69) is 33.0 Å². The van der Waals surface area contributed by atoms with E-state index in [0.717, 1.165) is 36.0 Å². The lowest BCUT2D eigenvalue weighted by Crippen LogP contribution is -2.58. The molecular weight excluding hydrogens is 398 g/mol. The molecule has 5 aliphatic rings. The van der Waals surface area contributed by atoms with Crippen molar-refractivity contribution < 1.29 is 14.6 Å². The lowest BCUT2D eigenvalue weighted by Gasteiger charge is -2.57. The number of aliphatic hydroxyl groups excluding tert-OH is 1. The Morgan fingerprint density at radius 2 is 1.88 bits per heavy atom. The highest BCUT2D eigenvalue weighted by atomic mass is 16.6. The lowest BCUT2D eigenvalue weighted by atomic mass is 9.48. The third kappa shape index (κ3) is 3.49. The highest BCUT2D eigenvalue weighted by Gasteiger charge is 2.73. The van der Waals surface area contributed by atoms with Crippen LogP contribution in [0.5, 0.6) is 0 Å². The van der Waals surface area contributed by atoms with Crippen LogP contribution in [0.15, 0.2) is 0 Å². The second-order valence-corrected chi connectivity index (χ2v) is 13.1. The molecule has 4 saturated carbocycles. The van der Waals surface area contributed by atoms with Gasteiger partial charge in [0.15, 0.2) is 0 Å². The summed E-state index contributed by atoms with van der Waals surface area (Å²) in [7, 11) is 0. The Morgan fingerprint density at radius 3 is 2.59 bits per heavy atom. The number of rotatable bonds is 6. The van der Waals surface area contributed by atoms with Gasteiger partial charge in [0.1, 0.15) is 12.2 Å². The summed E-state index contributed by atoms with van der Waals surface area (Å²) >= 11 is 0. The van der Waals surface area contributed by atoms with Gasteiger partial charge in [-0.25, -0.2) is 0 Å². The molecule has 4 heteroatoms. The maximum absolute atomic E-state index is 11.6. The molecule has 0 aromatic heterocycles. The molecule has 1 saturated heterocycles. The molecule has 5 unspecified atom stereocenters. The Hall–Kier alpha value is -0.610. The van der Waals surface area contributed by atoms with Crippen molar-refractivity contribution in [1.29, 1.82) is 0 Å². The fourth-order valence-corrected chi connectivity index (χ4v) is 9.83. The summed E-state index contributed by atoms with van der Waals surface area (Å²) < 4.78 is 5.53. The number of esters is 1. The number of ether oxygens (including phenoxy) is 1. The Bertz CT molecular complexity index is 723. The molecule has 5 rings (SSSR count). The van der Waals surface area contributed by atoms with Crippen molar-refractivity contribution in [3.8, 4) is 0 Å². The minimum atomic E-state index is -0.542. The van der Waals surface area contributed by atoms with Crippen molar-refractivity contribution in [3.63, 3.8) is 0 Å². The van der Waals surface area contributed by atoms with Gasteiger partial charge in [-0.05, 0) is 91.8 Å². The van der Waals surface area contributed by atoms with Crippen LogP contribution in [0.2, 0.25) is 0 Å². The van der Waals surface area contributed by atoms with Crippen molar-refractivity contribution in [2.45, 2.75) is 123 Å². The molecule has 0 bridgehead atoms. The third-order valence-corrected chi connectivity index (χ3v) is 11.2. The fourth-order valence-electron chi connectivity index (χ4n) is 9.83. The summed E-state index contributed by atoms with van der Waals surface area (Å²) in [6.45, 7) is 11.4. The summed E-state index contributed by atoms with van der Waals surface area (Å²) in [6.07, 6.45) is 12.2. The summed E-state index contributed by atoms with van der Waals surface area (Å²) in [6, 6.07) is 0.134. The number of carbonyl (C=O) groups is 1. The Kier molecular flexibility index (Phi) is 5.97. The third-order valence-electron chi connectivity index (χ3n) is 11.2. The molecule has 1 aliphatic heterocycles. The van der Waals surface area contributed by atoms with Gasteiger partial charge in [0.2, 0.25) is 0 Å². The largest absolute Gasteiger partial charge is 0.460 e. The van der Waals surface area contributed by atoms with Crippen LogP contribution in [0.3, 0.4) is 0 Å². The van der Waals surface area contributed by atoms with Gasteiger partial charge in [-0.15, -0.1) is 0 Å². The van der Waals surface area contributed by atoms with Gasteiger partial charge in [-0.3, -0.25) is 4.79 Å². The van der Waals surface area contributed by atoms with E-state index in [9.17, 15) is 9.90 Å². The zero-order valence-electron chi connectivity index (χ0n) is 21.1. The van der Waals surface area contributed by atoms with E-state index in [4.69, 9.17) is 4.74 Å².